The lowest BCUT2D eigenvalue weighted by Crippen LogP contribution is -2.36. The predicted octanol–water partition coefficient (Wildman–Crippen LogP) is 3.03. The molecule has 0 fully saturated rings. The number of carbonyl (C=O) groups is 1. The molecule has 0 aliphatic carbocycles. The molecule has 0 bridgehead atoms. The van der Waals surface area contributed by atoms with Crippen molar-refractivity contribution < 1.29 is 24.5 Å². The average molecular weight is 559 g/mol. The third-order valence-electron chi connectivity index (χ3n) is 6.15. The molecule has 2 aromatic carbocycles. The predicted molar refractivity (Wildman–Crippen MR) is 160 cm³/mol. The molecule has 40 heavy (non-hydrogen) atoms. The van der Waals surface area contributed by atoms with Gasteiger partial charge in [0, 0.05) is 38.3 Å². The van der Waals surface area contributed by atoms with Gasteiger partial charge in [0.1, 0.15) is 36.9 Å². The van der Waals surface area contributed by atoms with E-state index in [9.17, 15) is 15.0 Å². The molecule has 2 aromatic rings. The summed E-state index contributed by atoms with van der Waals surface area (Å²) in [6.45, 7) is 10.7. The molecule has 2 amide bonds. The fourth-order valence-corrected chi connectivity index (χ4v) is 3.96. The molecule has 2 rings (SSSR count). The van der Waals surface area contributed by atoms with Crippen molar-refractivity contribution in [3.63, 3.8) is 0 Å². The number of para-hydroxylation sites is 2. The topological polar surface area (TPSA) is 124 Å². The van der Waals surface area contributed by atoms with Crippen LogP contribution in [0.25, 0.3) is 0 Å². The summed E-state index contributed by atoms with van der Waals surface area (Å²) in [6.07, 6.45) is 1.91. The Bertz CT molecular complexity index is 897. The number of aliphatic hydroxyl groups excluding tert-OH is 2. The van der Waals surface area contributed by atoms with E-state index in [4.69, 9.17) is 9.47 Å². The summed E-state index contributed by atoms with van der Waals surface area (Å²) in [5, 5.41) is 32.5. The van der Waals surface area contributed by atoms with Crippen LogP contribution in [-0.4, -0.2) is 79.9 Å². The Hall–Kier alpha value is -2.85. The summed E-state index contributed by atoms with van der Waals surface area (Å²) in [7, 11) is 0. The standard InChI is InChI=1S/C31H50N4O5/c1-23(2)34-19-27(36)21-39-29-15-7-5-11-25(29)13-9-17-32-31(38)33-18-10-14-26-12-6-8-16-30(26)40-22-28(37)20-35-24(3)4/h5-8,11-12,15-16,23-24,27-28,34-37H,9-10,13-14,17-22H2,1-4H3,(H2,32,33,38)/t27-,28-/m0/s1. The maximum atomic E-state index is 12.2. The quantitative estimate of drug-likeness (QED) is 0.138. The number of hydrogen-bond donors (Lipinski definition) is 6. The van der Waals surface area contributed by atoms with Crippen LogP contribution in [0.4, 0.5) is 4.79 Å². The molecule has 6 N–H and O–H groups in total. The summed E-state index contributed by atoms with van der Waals surface area (Å²) in [6, 6.07) is 16.1. The van der Waals surface area contributed by atoms with Crippen LogP contribution in [0.3, 0.4) is 0 Å². The Labute approximate surface area is 240 Å². The van der Waals surface area contributed by atoms with Gasteiger partial charge in [0.2, 0.25) is 0 Å². The van der Waals surface area contributed by atoms with E-state index in [0.717, 1.165) is 48.3 Å². The summed E-state index contributed by atoms with van der Waals surface area (Å²) < 4.78 is 11.7. The van der Waals surface area contributed by atoms with Gasteiger partial charge < -0.3 is 41.0 Å². The molecular formula is C31H50N4O5. The number of aryl methyl sites for hydroxylation is 2. The van der Waals surface area contributed by atoms with Crippen molar-refractivity contribution in [3.8, 4) is 11.5 Å². The van der Waals surface area contributed by atoms with E-state index in [1.165, 1.54) is 0 Å². The van der Waals surface area contributed by atoms with Crippen molar-refractivity contribution in [1.29, 1.82) is 0 Å². The average Bonchev–Trinajstić information content (AvgIpc) is 2.94. The van der Waals surface area contributed by atoms with Gasteiger partial charge in [-0.15, -0.1) is 0 Å². The Morgan fingerprint density at radius 1 is 0.700 bits per heavy atom. The Balaban J connectivity index is 1.63. The molecule has 0 unspecified atom stereocenters. The molecule has 0 aromatic heterocycles. The fourth-order valence-electron chi connectivity index (χ4n) is 3.96. The smallest absolute Gasteiger partial charge is 0.314 e. The first-order valence-electron chi connectivity index (χ1n) is 14.5. The highest BCUT2D eigenvalue weighted by Crippen LogP contribution is 2.20. The fraction of sp³-hybridized carbons (Fsp3) is 0.581. The monoisotopic (exact) mass is 558 g/mol. The van der Waals surface area contributed by atoms with Crippen LogP contribution in [0.1, 0.15) is 51.7 Å². The van der Waals surface area contributed by atoms with Crippen molar-refractivity contribution in [3.05, 3.63) is 59.7 Å². The van der Waals surface area contributed by atoms with Crippen molar-refractivity contribution in [2.24, 2.45) is 0 Å². The molecule has 0 aliphatic heterocycles. The normalized spacial score (nSPS) is 12.8. The van der Waals surface area contributed by atoms with E-state index in [-0.39, 0.29) is 19.2 Å². The summed E-state index contributed by atoms with van der Waals surface area (Å²) in [5.74, 6) is 1.53. The van der Waals surface area contributed by atoms with Gasteiger partial charge in [0.05, 0.1) is 0 Å². The number of benzene rings is 2. The SMILES string of the molecule is CC(C)NC[C@H](O)COc1ccccc1CCCNC(=O)NCCCc1ccccc1OC[C@@H](O)CNC(C)C. The number of urea groups is 1. The lowest BCUT2D eigenvalue weighted by molar-refractivity contribution is 0.104. The van der Waals surface area contributed by atoms with Crippen molar-refractivity contribution in [1.82, 2.24) is 21.3 Å². The molecule has 224 valence electrons. The minimum absolute atomic E-state index is 0.185. The second-order valence-corrected chi connectivity index (χ2v) is 10.7. The molecule has 0 saturated carbocycles. The molecule has 0 spiro atoms. The second kappa shape index (κ2) is 19.3. The first kappa shape index (κ1) is 33.4. The van der Waals surface area contributed by atoms with E-state index in [1.54, 1.807) is 0 Å². The highest BCUT2D eigenvalue weighted by molar-refractivity contribution is 5.73. The maximum absolute atomic E-state index is 12.2. The van der Waals surface area contributed by atoms with Gasteiger partial charge >= 0.3 is 6.03 Å². The third kappa shape index (κ3) is 14.5. The van der Waals surface area contributed by atoms with Crippen LogP contribution in [0.2, 0.25) is 0 Å². The number of hydrogen-bond acceptors (Lipinski definition) is 7. The van der Waals surface area contributed by atoms with Crippen LogP contribution in [0.5, 0.6) is 11.5 Å². The Morgan fingerprint density at radius 3 is 1.50 bits per heavy atom. The Kier molecular flexibility index (Phi) is 16.1. The highest BCUT2D eigenvalue weighted by atomic mass is 16.5. The van der Waals surface area contributed by atoms with E-state index >= 15 is 0 Å². The minimum atomic E-state index is -0.577. The molecule has 0 radical (unpaired) electrons. The molecule has 0 saturated heterocycles. The zero-order valence-electron chi connectivity index (χ0n) is 24.6. The van der Waals surface area contributed by atoms with E-state index < -0.39 is 12.2 Å². The van der Waals surface area contributed by atoms with Gasteiger partial charge in [-0.25, -0.2) is 4.79 Å². The summed E-state index contributed by atoms with van der Waals surface area (Å²) in [5.41, 5.74) is 2.11. The van der Waals surface area contributed by atoms with Gasteiger partial charge in [0.15, 0.2) is 0 Å². The zero-order valence-corrected chi connectivity index (χ0v) is 24.6. The van der Waals surface area contributed by atoms with Gasteiger partial charge in [-0.3, -0.25) is 0 Å². The molecule has 0 heterocycles. The van der Waals surface area contributed by atoms with E-state index in [2.05, 4.69) is 21.3 Å². The van der Waals surface area contributed by atoms with Crippen molar-refractivity contribution in [2.75, 3.05) is 39.4 Å². The van der Waals surface area contributed by atoms with Crippen LogP contribution in [-0.2, 0) is 12.8 Å². The lowest BCUT2D eigenvalue weighted by Gasteiger charge is -2.17. The van der Waals surface area contributed by atoms with Crippen molar-refractivity contribution >= 4 is 6.03 Å². The number of carbonyl (C=O) groups excluding carboxylic acids is 1. The summed E-state index contributed by atoms with van der Waals surface area (Å²) >= 11 is 0. The van der Waals surface area contributed by atoms with Crippen molar-refractivity contribution in [2.45, 2.75) is 77.7 Å². The van der Waals surface area contributed by atoms with Gasteiger partial charge in [0.25, 0.3) is 0 Å². The van der Waals surface area contributed by atoms with Crippen LogP contribution >= 0.6 is 0 Å². The largest absolute Gasteiger partial charge is 0.491 e. The molecular weight excluding hydrogens is 508 g/mol. The molecule has 0 aliphatic rings. The van der Waals surface area contributed by atoms with Crippen LogP contribution in [0, 0.1) is 0 Å². The van der Waals surface area contributed by atoms with Gasteiger partial charge in [-0.1, -0.05) is 64.1 Å². The number of amides is 2. The van der Waals surface area contributed by atoms with E-state index in [1.807, 2.05) is 76.2 Å². The molecule has 9 nitrogen and oxygen atoms in total. The third-order valence-corrected chi connectivity index (χ3v) is 6.15. The Morgan fingerprint density at radius 2 is 1.10 bits per heavy atom. The first-order chi connectivity index (χ1) is 19.2. The minimum Gasteiger partial charge on any atom is -0.491 e. The van der Waals surface area contributed by atoms with Crippen LogP contribution < -0.4 is 30.7 Å². The lowest BCUT2D eigenvalue weighted by atomic mass is 10.1. The number of nitrogens with one attached hydrogen (secondary N) is 4. The highest BCUT2D eigenvalue weighted by Gasteiger charge is 2.10. The van der Waals surface area contributed by atoms with Crippen LogP contribution in [0.15, 0.2) is 48.5 Å². The number of rotatable bonds is 20. The van der Waals surface area contributed by atoms with Gasteiger partial charge in [-0.05, 0) is 48.9 Å². The zero-order chi connectivity index (χ0) is 29.2. The van der Waals surface area contributed by atoms with E-state index in [0.29, 0.717) is 38.3 Å². The maximum Gasteiger partial charge on any atom is 0.314 e. The summed E-state index contributed by atoms with van der Waals surface area (Å²) in [4.78, 5) is 12.2. The molecule has 9 heteroatoms. The van der Waals surface area contributed by atoms with Gasteiger partial charge in [-0.2, -0.15) is 0 Å². The number of aliphatic hydroxyl groups is 2. The second-order valence-electron chi connectivity index (χ2n) is 10.7. The molecule has 2 atom stereocenters. The number of ether oxygens (including phenoxy) is 2. The first-order valence-corrected chi connectivity index (χ1v) is 14.5.